The molecule has 0 fully saturated rings. The van der Waals surface area contributed by atoms with Gasteiger partial charge in [-0.25, -0.2) is 0 Å². The Bertz CT molecular complexity index is 1370. The van der Waals surface area contributed by atoms with E-state index in [0.29, 0.717) is 39.0 Å². The van der Waals surface area contributed by atoms with Crippen molar-refractivity contribution in [2.24, 2.45) is 0 Å². The summed E-state index contributed by atoms with van der Waals surface area (Å²) in [6.07, 6.45) is 0. The van der Waals surface area contributed by atoms with E-state index < -0.39 is 0 Å². The lowest BCUT2D eigenvalue weighted by Gasteiger charge is -2.09. The van der Waals surface area contributed by atoms with Crippen molar-refractivity contribution in [3.05, 3.63) is 58.8 Å². The van der Waals surface area contributed by atoms with Crippen molar-refractivity contribution in [2.45, 2.75) is 0 Å². The van der Waals surface area contributed by atoms with Crippen LogP contribution >= 0.6 is 0 Å². The van der Waals surface area contributed by atoms with Crippen molar-refractivity contribution in [1.82, 2.24) is 0 Å². The molecule has 0 atom stereocenters. The Balaban J connectivity index is 2.05. The van der Waals surface area contributed by atoms with Crippen LogP contribution in [-0.4, -0.2) is 14.2 Å². The molecule has 0 bridgehead atoms. The molecule has 5 heteroatoms. The second-order valence-electron chi connectivity index (χ2n) is 6.05. The van der Waals surface area contributed by atoms with E-state index in [1.807, 2.05) is 24.3 Å². The predicted octanol–water partition coefficient (Wildman–Crippen LogP) is 4.86. The smallest absolute Gasteiger partial charge is 0.204 e. The second kappa shape index (κ2) is 5.26. The van der Waals surface area contributed by atoms with Gasteiger partial charge in [-0.05, 0) is 18.2 Å². The van der Waals surface area contributed by atoms with Crippen molar-refractivity contribution < 1.29 is 18.3 Å². The fourth-order valence-electron chi connectivity index (χ4n) is 3.46. The molecule has 26 heavy (non-hydrogen) atoms. The number of methoxy groups -OCH3 is 2. The summed E-state index contributed by atoms with van der Waals surface area (Å²) < 4.78 is 22.7. The number of ether oxygens (including phenoxy) is 2. The third kappa shape index (κ3) is 1.88. The molecule has 5 aromatic rings. The van der Waals surface area contributed by atoms with Gasteiger partial charge >= 0.3 is 0 Å². The fourth-order valence-corrected chi connectivity index (χ4v) is 3.46. The maximum absolute atomic E-state index is 13.2. The van der Waals surface area contributed by atoms with Gasteiger partial charge in [-0.3, -0.25) is 4.79 Å². The van der Waals surface area contributed by atoms with Crippen molar-refractivity contribution >= 4 is 43.9 Å². The van der Waals surface area contributed by atoms with Gasteiger partial charge in [0.2, 0.25) is 5.43 Å². The zero-order chi connectivity index (χ0) is 17.8. The summed E-state index contributed by atoms with van der Waals surface area (Å²) in [6, 6.07) is 14.6. The number of hydrogen-bond acceptors (Lipinski definition) is 5. The monoisotopic (exact) mass is 346 g/mol. The molecule has 0 saturated carbocycles. The van der Waals surface area contributed by atoms with E-state index >= 15 is 0 Å². The number of furan rings is 1. The van der Waals surface area contributed by atoms with Gasteiger partial charge in [0.05, 0.1) is 25.0 Å². The maximum atomic E-state index is 13.2. The summed E-state index contributed by atoms with van der Waals surface area (Å²) in [4.78, 5) is 13.2. The van der Waals surface area contributed by atoms with Crippen LogP contribution in [0.2, 0.25) is 0 Å². The second-order valence-corrected chi connectivity index (χ2v) is 6.05. The quantitative estimate of drug-likeness (QED) is 0.427. The number of para-hydroxylation sites is 1. The van der Waals surface area contributed by atoms with Crippen molar-refractivity contribution in [3.8, 4) is 11.5 Å². The normalized spacial score (nSPS) is 11.6. The van der Waals surface area contributed by atoms with E-state index in [4.69, 9.17) is 18.3 Å². The van der Waals surface area contributed by atoms with Gasteiger partial charge in [-0.15, -0.1) is 0 Å². The van der Waals surface area contributed by atoms with E-state index in [0.717, 1.165) is 16.4 Å². The molecule has 0 N–H and O–H groups in total. The van der Waals surface area contributed by atoms with Gasteiger partial charge < -0.3 is 18.3 Å². The van der Waals surface area contributed by atoms with Crippen LogP contribution in [0.15, 0.2) is 62.2 Å². The Kier molecular flexibility index (Phi) is 3.00. The first kappa shape index (κ1) is 14.8. The first-order chi connectivity index (χ1) is 12.7. The molecule has 2 aromatic heterocycles. The zero-order valence-corrected chi connectivity index (χ0v) is 14.2. The Labute approximate surface area is 147 Å². The minimum atomic E-state index is -0.145. The van der Waals surface area contributed by atoms with Gasteiger partial charge in [-0.1, -0.05) is 18.2 Å². The van der Waals surface area contributed by atoms with Crippen LogP contribution in [0.1, 0.15) is 0 Å². The van der Waals surface area contributed by atoms with E-state index in [-0.39, 0.29) is 5.43 Å². The lowest BCUT2D eigenvalue weighted by molar-refractivity contribution is 0.396. The third-order valence-corrected chi connectivity index (χ3v) is 4.67. The zero-order valence-electron chi connectivity index (χ0n) is 14.2. The molecule has 0 amide bonds. The molecular formula is C21H14O5. The van der Waals surface area contributed by atoms with Gasteiger partial charge in [0.15, 0.2) is 0 Å². The molecule has 0 unspecified atom stereocenters. The SMILES string of the molecule is COc1cc(OC)c2c(=O)c3ccc4oc5ccccc5c4c3oc2c1. The summed E-state index contributed by atoms with van der Waals surface area (Å²) in [6.45, 7) is 0. The molecule has 128 valence electrons. The van der Waals surface area contributed by atoms with Gasteiger partial charge in [-0.2, -0.15) is 0 Å². The average molecular weight is 346 g/mol. The van der Waals surface area contributed by atoms with Crippen LogP contribution in [0.5, 0.6) is 11.5 Å². The van der Waals surface area contributed by atoms with Crippen LogP contribution < -0.4 is 14.9 Å². The largest absolute Gasteiger partial charge is 0.496 e. The molecule has 0 aliphatic carbocycles. The van der Waals surface area contributed by atoms with E-state index in [2.05, 4.69) is 0 Å². The van der Waals surface area contributed by atoms with Crippen molar-refractivity contribution in [2.75, 3.05) is 14.2 Å². The summed E-state index contributed by atoms with van der Waals surface area (Å²) in [5, 5.41) is 2.58. The molecule has 5 rings (SSSR count). The average Bonchev–Trinajstić information content (AvgIpc) is 3.06. The lowest BCUT2D eigenvalue weighted by atomic mass is 10.1. The Morgan fingerprint density at radius 3 is 2.42 bits per heavy atom. The molecule has 3 aromatic carbocycles. The number of hydrogen-bond donors (Lipinski definition) is 0. The van der Waals surface area contributed by atoms with E-state index in [9.17, 15) is 4.79 Å². The molecule has 0 aliphatic heterocycles. The highest BCUT2D eigenvalue weighted by Crippen LogP contribution is 2.37. The van der Waals surface area contributed by atoms with Crippen LogP contribution in [0.25, 0.3) is 43.9 Å². The van der Waals surface area contributed by atoms with Crippen LogP contribution in [-0.2, 0) is 0 Å². The standard InChI is InChI=1S/C21H14O5/c1-23-11-9-16(24-2)19-17(10-11)26-21-13(20(19)22)7-8-15-18(21)12-5-3-4-6-14(12)25-15/h3-10H,1-2H3. The molecule has 0 spiro atoms. The topological polar surface area (TPSA) is 61.8 Å². The highest BCUT2D eigenvalue weighted by atomic mass is 16.5. The first-order valence-electron chi connectivity index (χ1n) is 8.14. The molecule has 0 saturated heterocycles. The summed E-state index contributed by atoms with van der Waals surface area (Å²) in [5.74, 6) is 0.980. The predicted molar refractivity (Wildman–Crippen MR) is 100 cm³/mol. The van der Waals surface area contributed by atoms with Crippen molar-refractivity contribution in [1.29, 1.82) is 0 Å². The highest BCUT2D eigenvalue weighted by molar-refractivity contribution is 6.17. The maximum Gasteiger partial charge on any atom is 0.204 e. The van der Waals surface area contributed by atoms with Crippen LogP contribution in [0.4, 0.5) is 0 Å². The Morgan fingerprint density at radius 1 is 0.769 bits per heavy atom. The van der Waals surface area contributed by atoms with Gasteiger partial charge in [0, 0.05) is 17.5 Å². The lowest BCUT2D eigenvalue weighted by Crippen LogP contribution is -2.04. The summed E-state index contributed by atoms with van der Waals surface area (Å²) in [5.41, 5.74) is 2.20. The van der Waals surface area contributed by atoms with E-state index in [1.54, 1.807) is 31.4 Å². The molecule has 5 nitrogen and oxygen atoms in total. The molecule has 2 heterocycles. The minimum absolute atomic E-state index is 0.145. The number of benzene rings is 3. The Morgan fingerprint density at radius 2 is 1.62 bits per heavy atom. The third-order valence-electron chi connectivity index (χ3n) is 4.67. The Hall–Kier alpha value is -3.47. The molecule has 0 aliphatic rings. The van der Waals surface area contributed by atoms with Crippen LogP contribution in [0.3, 0.4) is 0 Å². The van der Waals surface area contributed by atoms with Gasteiger partial charge in [0.25, 0.3) is 0 Å². The first-order valence-corrected chi connectivity index (χ1v) is 8.14. The number of rotatable bonds is 2. The van der Waals surface area contributed by atoms with Crippen molar-refractivity contribution in [3.63, 3.8) is 0 Å². The summed E-state index contributed by atoms with van der Waals surface area (Å²) >= 11 is 0. The highest BCUT2D eigenvalue weighted by Gasteiger charge is 2.18. The fraction of sp³-hybridized carbons (Fsp3) is 0.0952. The van der Waals surface area contributed by atoms with E-state index in [1.165, 1.54) is 7.11 Å². The molecule has 0 radical (unpaired) electrons. The van der Waals surface area contributed by atoms with Crippen LogP contribution in [0, 0.1) is 0 Å². The minimum Gasteiger partial charge on any atom is -0.496 e. The van der Waals surface area contributed by atoms with Gasteiger partial charge in [0.1, 0.15) is 39.2 Å². The molecular weight excluding hydrogens is 332 g/mol. The number of fused-ring (bicyclic) bond motifs is 6. The summed E-state index contributed by atoms with van der Waals surface area (Å²) in [7, 11) is 3.08.